The number of carbonyl (C=O) groups is 1. The van der Waals surface area contributed by atoms with E-state index in [1.807, 2.05) is 23.1 Å². The van der Waals surface area contributed by atoms with Gasteiger partial charge in [-0.3, -0.25) is 9.69 Å². The predicted octanol–water partition coefficient (Wildman–Crippen LogP) is 3.72. The molecule has 1 saturated heterocycles. The summed E-state index contributed by atoms with van der Waals surface area (Å²) in [6.07, 6.45) is 1.02. The molecule has 1 aliphatic rings. The first-order valence-electron chi connectivity index (χ1n) is 8.78. The second kappa shape index (κ2) is 8.02. The van der Waals surface area contributed by atoms with Crippen LogP contribution in [0.25, 0.3) is 0 Å². The van der Waals surface area contributed by atoms with Gasteiger partial charge in [-0.25, -0.2) is 0 Å². The number of aryl methyl sites for hydroxylation is 2. The third kappa shape index (κ3) is 4.41. The van der Waals surface area contributed by atoms with Crippen molar-refractivity contribution in [1.82, 2.24) is 9.80 Å². The van der Waals surface area contributed by atoms with Crippen LogP contribution >= 0.6 is 11.3 Å². The van der Waals surface area contributed by atoms with Gasteiger partial charge in [0.05, 0.1) is 12.0 Å². The van der Waals surface area contributed by atoms with Crippen LogP contribution in [0.1, 0.15) is 32.1 Å². The Bertz CT molecular complexity index is 704. The van der Waals surface area contributed by atoms with E-state index in [1.54, 1.807) is 18.4 Å². The number of carbonyl (C=O) groups excluding carboxylic acids is 1. The molecule has 0 aliphatic carbocycles. The zero-order chi connectivity index (χ0) is 17.8. The van der Waals surface area contributed by atoms with Crippen LogP contribution in [0, 0.1) is 13.8 Å². The van der Waals surface area contributed by atoms with Gasteiger partial charge in [0, 0.05) is 37.6 Å². The molecule has 0 spiro atoms. The summed E-state index contributed by atoms with van der Waals surface area (Å²) in [5.41, 5.74) is 2.49. The topological polar surface area (TPSA) is 32.8 Å². The molecule has 134 valence electrons. The van der Waals surface area contributed by atoms with E-state index >= 15 is 0 Å². The maximum absolute atomic E-state index is 12.8. The minimum absolute atomic E-state index is 0.187. The molecule has 2 aromatic rings. The molecule has 0 unspecified atom stereocenters. The summed E-state index contributed by atoms with van der Waals surface area (Å²) in [4.78, 5) is 19.3. The average molecular weight is 359 g/mol. The molecule has 0 saturated carbocycles. The van der Waals surface area contributed by atoms with Gasteiger partial charge in [0.1, 0.15) is 5.75 Å². The monoisotopic (exact) mass is 358 g/mol. The van der Waals surface area contributed by atoms with Crippen molar-refractivity contribution in [3.63, 3.8) is 0 Å². The van der Waals surface area contributed by atoms with Crippen molar-refractivity contribution in [2.45, 2.75) is 26.8 Å². The third-order valence-corrected chi connectivity index (χ3v) is 5.96. The summed E-state index contributed by atoms with van der Waals surface area (Å²) in [6, 6.07) is 10.3. The number of thiophene rings is 1. The van der Waals surface area contributed by atoms with Crippen LogP contribution < -0.4 is 4.74 Å². The highest BCUT2D eigenvalue weighted by molar-refractivity contribution is 7.14. The summed E-state index contributed by atoms with van der Waals surface area (Å²) >= 11 is 1.61. The summed E-state index contributed by atoms with van der Waals surface area (Å²) < 4.78 is 5.21. The second-order valence-electron chi connectivity index (χ2n) is 6.62. The summed E-state index contributed by atoms with van der Waals surface area (Å²) in [5.74, 6) is 1.07. The highest BCUT2D eigenvalue weighted by atomic mass is 32.1. The molecule has 4 nitrogen and oxygen atoms in total. The van der Waals surface area contributed by atoms with E-state index in [2.05, 4.69) is 30.9 Å². The van der Waals surface area contributed by atoms with Gasteiger partial charge < -0.3 is 9.64 Å². The van der Waals surface area contributed by atoms with E-state index in [9.17, 15) is 4.79 Å². The first kappa shape index (κ1) is 18.0. The highest BCUT2D eigenvalue weighted by Gasteiger charge is 2.22. The highest BCUT2D eigenvalue weighted by Crippen LogP contribution is 2.23. The molecule has 1 amide bonds. The molecule has 1 aliphatic heterocycles. The van der Waals surface area contributed by atoms with Gasteiger partial charge in [-0.05, 0) is 49.6 Å². The average Bonchev–Trinajstić information content (AvgIpc) is 2.82. The fourth-order valence-corrected chi connectivity index (χ4v) is 4.16. The molecular weight excluding hydrogens is 332 g/mol. The third-order valence-electron chi connectivity index (χ3n) is 4.82. The number of ether oxygens (including phenoxy) is 1. The quantitative estimate of drug-likeness (QED) is 0.835. The van der Waals surface area contributed by atoms with Gasteiger partial charge in [0.2, 0.25) is 0 Å². The molecule has 1 fully saturated rings. The largest absolute Gasteiger partial charge is 0.497 e. The predicted molar refractivity (Wildman–Crippen MR) is 103 cm³/mol. The zero-order valence-electron chi connectivity index (χ0n) is 15.2. The van der Waals surface area contributed by atoms with Gasteiger partial charge in [-0.2, -0.15) is 0 Å². The molecule has 0 bridgehead atoms. The Balaban J connectivity index is 1.58. The van der Waals surface area contributed by atoms with E-state index in [1.165, 1.54) is 16.0 Å². The molecule has 0 atom stereocenters. The molecule has 0 N–H and O–H groups in total. The maximum Gasteiger partial charge on any atom is 0.263 e. The minimum Gasteiger partial charge on any atom is -0.497 e. The van der Waals surface area contributed by atoms with Crippen LogP contribution in [0.2, 0.25) is 0 Å². The number of hydrogen-bond donors (Lipinski definition) is 0. The van der Waals surface area contributed by atoms with Crippen molar-refractivity contribution in [2.75, 3.05) is 33.3 Å². The van der Waals surface area contributed by atoms with Crippen molar-refractivity contribution in [1.29, 1.82) is 0 Å². The Morgan fingerprint density at radius 3 is 2.52 bits per heavy atom. The fraction of sp³-hybridized carbons (Fsp3) is 0.450. The minimum atomic E-state index is 0.187. The summed E-state index contributed by atoms with van der Waals surface area (Å²) in [7, 11) is 1.69. The first-order valence-corrected chi connectivity index (χ1v) is 9.60. The lowest BCUT2D eigenvalue weighted by molar-refractivity contribution is 0.0766. The van der Waals surface area contributed by atoms with Crippen LogP contribution in [0.3, 0.4) is 0 Å². The van der Waals surface area contributed by atoms with Crippen molar-refractivity contribution < 1.29 is 9.53 Å². The Labute approximate surface area is 154 Å². The van der Waals surface area contributed by atoms with Gasteiger partial charge >= 0.3 is 0 Å². The Morgan fingerprint density at radius 2 is 1.88 bits per heavy atom. The van der Waals surface area contributed by atoms with E-state index in [0.717, 1.165) is 49.8 Å². The van der Waals surface area contributed by atoms with Crippen molar-refractivity contribution in [3.05, 3.63) is 51.2 Å². The normalized spacial score (nSPS) is 15.9. The maximum atomic E-state index is 12.8. The second-order valence-corrected chi connectivity index (χ2v) is 7.88. The lowest BCUT2D eigenvalue weighted by Gasteiger charge is -2.21. The van der Waals surface area contributed by atoms with Crippen molar-refractivity contribution in [3.8, 4) is 5.75 Å². The first-order chi connectivity index (χ1) is 12.1. The van der Waals surface area contributed by atoms with Gasteiger partial charge in [0.15, 0.2) is 0 Å². The Morgan fingerprint density at radius 1 is 1.12 bits per heavy atom. The van der Waals surface area contributed by atoms with Crippen molar-refractivity contribution >= 4 is 17.2 Å². The van der Waals surface area contributed by atoms with E-state index in [4.69, 9.17) is 4.74 Å². The number of methoxy groups -OCH3 is 1. The summed E-state index contributed by atoms with van der Waals surface area (Å²) in [6.45, 7) is 8.65. The molecule has 1 aromatic carbocycles. The zero-order valence-corrected chi connectivity index (χ0v) is 16.1. The molecule has 0 radical (unpaired) electrons. The Hall–Kier alpha value is -1.85. The summed E-state index contributed by atoms with van der Waals surface area (Å²) in [5, 5.41) is 0. The fourth-order valence-electron chi connectivity index (χ4n) is 3.16. The molecule has 1 aromatic heterocycles. The molecular formula is C20H26N2O2S. The molecule has 2 heterocycles. The number of hydrogen-bond acceptors (Lipinski definition) is 4. The standard InChI is InChI=1S/C20H26N2O2S/c1-15-13-19(25-16(15)2)20(23)22-10-4-9-21(11-12-22)14-17-5-7-18(24-3)8-6-17/h5-8,13H,4,9-12,14H2,1-3H3. The molecule has 3 rings (SSSR count). The lowest BCUT2D eigenvalue weighted by Crippen LogP contribution is -2.34. The number of benzene rings is 1. The van der Waals surface area contributed by atoms with Gasteiger partial charge in [-0.1, -0.05) is 12.1 Å². The lowest BCUT2D eigenvalue weighted by atomic mass is 10.2. The Kier molecular flexibility index (Phi) is 5.76. The number of nitrogens with zero attached hydrogens (tertiary/aromatic N) is 2. The SMILES string of the molecule is COc1ccc(CN2CCCN(C(=O)c3cc(C)c(C)s3)CC2)cc1. The smallest absolute Gasteiger partial charge is 0.263 e. The van der Waals surface area contributed by atoms with Crippen LogP contribution in [0.15, 0.2) is 30.3 Å². The van der Waals surface area contributed by atoms with Gasteiger partial charge in [0.25, 0.3) is 5.91 Å². The molecule has 5 heteroatoms. The van der Waals surface area contributed by atoms with Crippen molar-refractivity contribution in [2.24, 2.45) is 0 Å². The van der Waals surface area contributed by atoms with Crippen LogP contribution in [0.4, 0.5) is 0 Å². The van der Waals surface area contributed by atoms with Crippen LogP contribution in [0.5, 0.6) is 5.75 Å². The number of amides is 1. The number of rotatable bonds is 4. The van der Waals surface area contributed by atoms with Crippen LogP contribution in [-0.2, 0) is 6.54 Å². The van der Waals surface area contributed by atoms with E-state index in [0.29, 0.717) is 0 Å². The van der Waals surface area contributed by atoms with Crippen LogP contribution in [-0.4, -0.2) is 49.0 Å². The van der Waals surface area contributed by atoms with E-state index in [-0.39, 0.29) is 5.91 Å². The van der Waals surface area contributed by atoms with E-state index < -0.39 is 0 Å². The molecule has 25 heavy (non-hydrogen) atoms. The van der Waals surface area contributed by atoms with Gasteiger partial charge in [-0.15, -0.1) is 11.3 Å².